The fourth-order valence-electron chi connectivity index (χ4n) is 2.01. The zero-order valence-corrected chi connectivity index (χ0v) is 12.9. The Hall–Kier alpha value is -2.54. The van der Waals surface area contributed by atoms with Crippen LogP contribution in [-0.4, -0.2) is 19.2 Å². The number of urea groups is 1. The van der Waals surface area contributed by atoms with Crippen LogP contribution < -0.4 is 19.7 Å². The van der Waals surface area contributed by atoms with E-state index in [-0.39, 0.29) is 6.79 Å². The van der Waals surface area contributed by atoms with E-state index in [1.54, 1.807) is 36.4 Å². The molecule has 22 heavy (non-hydrogen) atoms. The quantitative estimate of drug-likeness (QED) is 0.849. The number of carbonyl (C=O) groups is 2. The molecule has 1 heterocycles. The van der Waals surface area contributed by atoms with Gasteiger partial charge in [0.1, 0.15) is 0 Å². The maximum atomic E-state index is 12.3. The van der Waals surface area contributed by atoms with Crippen molar-refractivity contribution in [3.05, 3.63) is 46.9 Å². The number of carbonyl (C=O) groups excluding carboxylic acids is 2. The summed E-state index contributed by atoms with van der Waals surface area (Å²) in [6.07, 6.45) is 0.462. The third-order valence-electron chi connectivity index (χ3n) is 3.03. The number of benzene rings is 2. The molecule has 0 fully saturated rings. The minimum Gasteiger partial charge on any atom is -0.454 e. The molecule has 0 spiro atoms. The van der Waals surface area contributed by atoms with Gasteiger partial charge in [-0.2, -0.15) is 0 Å². The minimum atomic E-state index is -0.563. The van der Waals surface area contributed by atoms with Gasteiger partial charge in [0.05, 0.1) is 5.69 Å². The molecule has 0 radical (unpaired) electrons. The van der Waals surface area contributed by atoms with Crippen LogP contribution >= 0.6 is 15.9 Å². The van der Waals surface area contributed by atoms with E-state index in [9.17, 15) is 9.59 Å². The van der Waals surface area contributed by atoms with Crippen molar-refractivity contribution < 1.29 is 19.1 Å². The number of hydrogen-bond donors (Lipinski definition) is 1. The summed E-state index contributed by atoms with van der Waals surface area (Å²) in [5.41, 5.74) is 0.971. The first-order valence-electron chi connectivity index (χ1n) is 6.38. The Balaban J connectivity index is 1.79. The van der Waals surface area contributed by atoms with Crippen LogP contribution in [0.2, 0.25) is 0 Å². The van der Waals surface area contributed by atoms with Crippen LogP contribution in [0.5, 0.6) is 11.5 Å². The first-order valence-corrected chi connectivity index (χ1v) is 7.17. The molecule has 112 valence electrons. The molecule has 0 atom stereocenters. The highest BCUT2D eigenvalue weighted by Gasteiger charge is 2.18. The average Bonchev–Trinajstić information content (AvgIpc) is 2.95. The monoisotopic (exact) mass is 362 g/mol. The third kappa shape index (κ3) is 2.89. The number of anilines is 2. The zero-order chi connectivity index (χ0) is 15.5. The highest BCUT2D eigenvalue weighted by Crippen LogP contribution is 2.34. The number of halogens is 1. The molecule has 0 bridgehead atoms. The van der Waals surface area contributed by atoms with Gasteiger partial charge in [0.25, 0.3) is 0 Å². The van der Waals surface area contributed by atoms with Crippen molar-refractivity contribution in [3.63, 3.8) is 0 Å². The largest absolute Gasteiger partial charge is 0.454 e. The molecule has 7 heteroatoms. The Morgan fingerprint density at radius 2 is 2.00 bits per heavy atom. The highest BCUT2D eigenvalue weighted by atomic mass is 79.9. The zero-order valence-electron chi connectivity index (χ0n) is 11.3. The van der Waals surface area contributed by atoms with Gasteiger partial charge in [-0.15, -0.1) is 0 Å². The number of ether oxygens (including phenoxy) is 2. The third-order valence-corrected chi connectivity index (χ3v) is 3.53. The number of hydrogen-bond acceptors (Lipinski definition) is 4. The lowest BCUT2D eigenvalue weighted by Gasteiger charge is -2.16. The van der Waals surface area contributed by atoms with E-state index in [1.165, 1.54) is 0 Å². The molecular weight excluding hydrogens is 352 g/mol. The molecule has 1 aliphatic rings. The second kappa shape index (κ2) is 6.07. The van der Waals surface area contributed by atoms with Crippen LogP contribution in [0.4, 0.5) is 16.2 Å². The van der Waals surface area contributed by atoms with E-state index in [4.69, 9.17) is 9.47 Å². The summed E-state index contributed by atoms with van der Waals surface area (Å²) in [6.45, 7) is 0.158. The minimum absolute atomic E-state index is 0.158. The highest BCUT2D eigenvalue weighted by molar-refractivity contribution is 9.10. The Morgan fingerprint density at radius 1 is 1.18 bits per heavy atom. The Labute approximate surface area is 134 Å². The fourth-order valence-corrected chi connectivity index (χ4v) is 2.40. The lowest BCUT2D eigenvalue weighted by atomic mass is 10.2. The molecule has 1 aliphatic heterocycles. The number of fused-ring (bicyclic) bond motifs is 1. The van der Waals surface area contributed by atoms with Crippen LogP contribution in [0, 0.1) is 0 Å². The van der Waals surface area contributed by atoms with Crippen molar-refractivity contribution in [2.24, 2.45) is 0 Å². The maximum absolute atomic E-state index is 12.3. The predicted octanol–water partition coefficient (Wildman–Crippen LogP) is 3.37. The summed E-state index contributed by atoms with van der Waals surface area (Å²) in [6, 6.07) is 11.3. The van der Waals surface area contributed by atoms with E-state index in [0.717, 1.165) is 9.37 Å². The topological polar surface area (TPSA) is 67.9 Å². The lowest BCUT2D eigenvalue weighted by Crippen LogP contribution is -2.33. The van der Waals surface area contributed by atoms with Crippen molar-refractivity contribution >= 4 is 39.7 Å². The molecule has 0 aromatic heterocycles. The lowest BCUT2D eigenvalue weighted by molar-refractivity contribution is -0.106. The maximum Gasteiger partial charge on any atom is 0.332 e. The molecule has 3 rings (SSSR count). The van der Waals surface area contributed by atoms with E-state index >= 15 is 0 Å². The molecule has 0 unspecified atom stereocenters. The molecular formula is C15H11BrN2O4. The van der Waals surface area contributed by atoms with Gasteiger partial charge >= 0.3 is 6.03 Å². The molecule has 1 N–H and O–H groups in total. The van der Waals surface area contributed by atoms with Gasteiger partial charge in [-0.25, -0.2) is 9.69 Å². The summed E-state index contributed by atoms with van der Waals surface area (Å²) in [5, 5.41) is 2.65. The van der Waals surface area contributed by atoms with Gasteiger partial charge in [0.2, 0.25) is 13.2 Å². The smallest absolute Gasteiger partial charge is 0.332 e. The van der Waals surface area contributed by atoms with Crippen molar-refractivity contribution in [1.82, 2.24) is 0 Å². The number of imide groups is 1. The van der Waals surface area contributed by atoms with E-state index in [0.29, 0.717) is 29.3 Å². The second-order valence-corrected chi connectivity index (χ2v) is 5.37. The van der Waals surface area contributed by atoms with Crippen LogP contribution in [0.3, 0.4) is 0 Å². The molecule has 2 aromatic carbocycles. The molecule has 0 saturated carbocycles. The van der Waals surface area contributed by atoms with Gasteiger partial charge in [0, 0.05) is 16.2 Å². The first-order chi connectivity index (χ1) is 10.7. The SMILES string of the molecule is O=CN(C(=O)Nc1ccc2c(c1)OCO2)c1cccc(Br)c1. The normalized spacial score (nSPS) is 11.9. The Bertz CT molecular complexity index is 735. The first kappa shape index (κ1) is 14.4. The van der Waals surface area contributed by atoms with Crippen molar-refractivity contribution in [3.8, 4) is 11.5 Å². The molecule has 0 aliphatic carbocycles. The van der Waals surface area contributed by atoms with Crippen LogP contribution in [0.1, 0.15) is 0 Å². The van der Waals surface area contributed by atoms with E-state index in [1.807, 2.05) is 6.07 Å². The second-order valence-electron chi connectivity index (χ2n) is 4.45. The number of amides is 3. The summed E-state index contributed by atoms with van der Waals surface area (Å²) in [4.78, 5) is 24.5. The molecule has 6 nitrogen and oxygen atoms in total. The number of nitrogens with zero attached hydrogens (tertiary/aromatic N) is 1. The van der Waals surface area contributed by atoms with E-state index in [2.05, 4.69) is 21.2 Å². The average molecular weight is 363 g/mol. The standard InChI is InChI=1S/C15H11BrN2O4/c16-10-2-1-3-12(6-10)18(8-19)15(20)17-11-4-5-13-14(7-11)22-9-21-13/h1-8H,9H2,(H,17,20). The van der Waals surface area contributed by atoms with Gasteiger partial charge in [-0.3, -0.25) is 4.79 Å². The molecule has 3 amide bonds. The summed E-state index contributed by atoms with van der Waals surface area (Å²) in [7, 11) is 0. The number of nitrogens with one attached hydrogen (secondary N) is 1. The summed E-state index contributed by atoms with van der Waals surface area (Å²) >= 11 is 3.30. The number of rotatable bonds is 3. The van der Waals surface area contributed by atoms with Gasteiger partial charge < -0.3 is 14.8 Å². The van der Waals surface area contributed by atoms with Crippen molar-refractivity contribution in [1.29, 1.82) is 0 Å². The Kier molecular flexibility index (Phi) is 3.97. The summed E-state index contributed by atoms with van der Waals surface area (Å²) in [5.74, 6) is 1.18. The summed E-state index contributed by atoms with van der Waals surface area (Å²) < 4.78 is 11.2. The predicted molar refractivity (Wildman–Crippen MR) is 84.3 cm³/mol. The van der Waals surface area contributed by atoms with Gasteiger partial charge in [0.15, 0.2) is 11.5 Å². The van der Waals surface area contributed by atoms with Crippen LogP contribution in [-0.2, 0) is 4.79 Å². The van der Waals surface area contributed by atoms with Crippen molar-refractivity contribution in [2.45, 2.75) is 0 Å². The van der Waals surface area contributed by atoms with Crippen molar-refractivity contribution in [2.75, 3.05) is 17.0 Å². The fraction of sp³-hybridized carbons (Fsp3) is 0.0667. The van der Waals surface area contributed by atoms with Gasteiger partial charge in [-0.1, -0.05) is 22.0 Å². The van der Waals surface area contributed by atoms with Crippen LogP contribution in [0.25, 0.3) is 0 Å². The van der Waals surface area contributed by atoms with Crippen LogP contribution in [0.15, 0.2) is 46.9 Å². The molecule has 2 aromatic rings. The Morgan fingerprint density at radius 3 is 2.77 bits per heavy atom. The van der Waals surface area contributed by atoms with Gasteiger partial charge in [-0.05, 0) is 30.3 Å². The van der Waals surface area contributed by atoms with E-state index < -0.39 is 6.03 Å². The molecule has 0 saturated heterocycles.